The molecule has 0 N–H and O–H groups in total. The van der Waals surface area contributed by atoms with E-state index in [0.29, 0.717) is 5.88 Å². The molecule has 0 saturated carbocycles. The number of hydrogen-bond acceptors (Lipinski definition) is 1. The van der Waals surface area contributed by atoms with Crippen LogP contribution in [0.2, 0.25) is 6.55 Å². The molecule has 0 bridgehead atoms. The summed E-state index contributed by atoms with van der Waals surface area (Å²) in [6, 6.07) is 0. The summed E-state index contributed by atoms with van der Waals surface area (Å²) in [7, 11) is -0.181. The van der Waals surface area contributed by atoms with Crippen LogP contribution in [0.25, 0.3) is 0 Å². The molecule has 6 heavy (non-hydrogen) atoms. The molecule has 0 aliphatic carbocycles. The number of rotatable bonds is 3. The van der Waals surface area contributed by atoms with Crippen molar-refractivity contribution in [2.24, 2.45) is 0 Å². The van der Waals surface area contributed by atoms with Gasteiger partial charge in [-0.2, -0.15) is 0 Å². The summed E-state index contributed by atoms with van der Waals surface area (Å²) in [6.07, 6.45) is 0. The predicted molar refractivity (Wildman–Crippen MR) is 31.1 cm³/mol. The molecule has 0 aromatic heterocycles. The highest BCUT2D eigenvalue weighted by Gasteiger charge is 1.75. The highest BCUT2D eigenvalue weighted by atomic mass is 35.5. The lowest BCUT2D eigenvalue weighted by Crippen LogP contribution is -1.95. The largest absolute Gasteiger partial charge is 0.423 e. The van der Waals surface area contributed by atoms with E-state index in [1.165, 1.54) is 0 Å². The number of alkyl halides is 1. The molecule has 0 amide bonds. The van der Waals surface area contributed by atoms with Gasteiger partial charge in [0.2, 0.25) is 0 Å². The van der Waals surface area contributed by atoms with Gasteiger partial charge in [-0.15, -0.1) is 11.6 Å². The van der Waals surface area contributed by atoms with Crippen molar-refractivity contribution in [3.63, 3.8) is 0 Å². The second-order valence-electron chi connectivity index (χ2n) is 0.886. The monoisotopic (exact) mass is 124 g/mol. The smallest absolute Gasteiger partial charge is 0.158 e. The minimum Gasteiger partial charge on any atom is -0.423 e. The van der Waals surface area contributed by atoms with E-state index in [9.17, 15) is 0 Å². The number of halogens is 1. The molecule has 0 rings (SSSR count). The lowest BCUT2D eigenvalue weighted by molar-refractivity contribution is 0.367. The van der Waals surface area contributed by atoms with Crippen molar-refractivity contribution >= 4 is 21.4 Å². The summed E-state index contributed by atoms with van der Waals surface area (Å²) in [6.45, 7) is 2.83. The molecule has 0 radical (unpaired) electrons. The average Bonchev–Trinajstić information content (AvgIpc) is 1.61. The van der Waals surface area contributed by atoms with Crippen molar-refractivity contribution in [2.45, 2.75) is 6.55 Å². The molecule has 3 heteroatoms. The van der Waals surface area contributed by atoms with Crippen LogP contribution in [0.3, 0.4) is 0 Å². The molecule has 0 unspecified atom stereocenters. The minimum atomic E-state index is -0.181. The Bertz CT molecular complexity index is 22.8. The van der Waals surface area contributed by atoms with Gasteiger partial charge in [0.1, 0.15) is 0 Å². The first kappa shape index (κ1) is 6.47. The third kappa shape index (κ3) is 4.47. The maximum absolute atomic E-state index is 5.28. The van der Waals surface area contributed by atoms with E-state index >= 15 is 0 Å². The standard InChI is InChI=1S/C3H9ClOSi/c1-6-5-3-2-4/h2-3,6H2,1H3. The second-order valence-corrected chi connectivity index (χ2v) is 2.25. The van der Waals surface area contributed by atoms with E-state index in [4.69, 9.17) is 16.0 Å². The molecule has 0 aromatic carbocycles. The third-order valence-electron chi connectivity index (χ3n) is 0.426. The van der Waals surface area contributed by atoms with Gasteiger partial charge in [-0.25, -0.2) is 0 Å². The minimum absolute atomic E-state index is 0.181. The Kier molecular flexibility index (Phi) is 5.89. The maximum Gasteiger partial charge on any atom is 0.158 e. The van der Waals surface area contributed by atoms with Gasteiger partial charge in [-0.1, -0.05) is 6.55 Å². The topological polar surface area (TPSA) is 9.23 Å². The SMILES string of the molecule is C[SiH2]OCCCl. The molecule has 0 fully saturated rings. The molecule has 0 heterocycles. The number of hydrogen-bond donors (Lipinski definition) is 0. The van der Waals surface area contributed by atoms with Crippen LogP contribution in [-0.2, 0) is 4.43 Å². The van der Waals surface area contributed by atoms with E-state index in [2.05, 4.69) is 6.55 Å². The van der Waals surface area contributed by atoms with Crippen molar-refractivity contribution in [1.82, 2.24) is 0 Å². The normalized spacial score (nSPS) is 11.0. The van der Waals surface area contributed by atoms with Gasteiger partial charge in [-0.05, 0) is 0 Å². The van der Waals surface area contributed by atoms with Crippen LogP contribution >= 0.6 is 11.6 Å². The van der Waals surface area contributed by atoms with Crippen LogP contribution in [0.5, 0.6) is 0 Å². The van der Waals surface area contributed by atoms with Gasteiger partial charge in [-0.3, -0.25) is 0 Å². The van der Waals surface area contributed by atoms with Crippen LogP contribution < -0.4 is 0 Å². The molecule has 0 saturated heterocycles. The molecule has 0 atom stereocenters. The Morgan fingerprint density at radius 1 is 1.83 bits per heavy atom. The van der Waals surface area contributed by atoms with Crippen molar-refractivity contribution in [2.75, 3.05) is 12.5 Å². The zero-order valence-corrected chi connectivity index (χ0v) is 6.08. The molecule has 38 valence electrons. The Balaban J connectivity index is 2.34. The van der Waals surface area contributed by atoms with Crippen LogP contribution in [0.1, 0.15) is 0 Å². The van der Waals surface area contributed by atoms with E-state index in [1.54, 1.807) is 0 Å². The van der Waals surface area contributed by atoms with Gasteiger partial charge >= 0.3 is 0 Å². The molecule has 0 aliphatic heterocycles. The van der Waals surface area contributed by atoms with E-state index in [1.807, 2.05) is 0 Å². The van der Waals surface area contributed by atoms with Crippen molar-refractivity contribution in [3.05, 3.63) is 0 Å². The fraction of sp³-hybridized carbons (Fsp3) is 1.00. The van der Waals surface area contributed by atoms with Crippen LogP contribution in [0.15, 0.2) is 0 Å². The van der Waals surface area contributed by atoms with Crippen LogP contribution in [0, 0.1) is 0 Å². The molecule has 1 nitrogen and oxygen atoms in total. The van der Waals surface area contributed by atoms with E-state index in [0.717, 1.165) is 6.61 Å². The molecular weight excluding hydrogens is 116 g/mol. The maximum atomic E-state index is 5.28. The molecule has 0 aliphatic rings. The highest BCUT2D eigenvalue weighted by Crippen LogP contribution is 1.73. The summed E-state index contributed by atoms with van der Waals surface area (Å²) in [5, 5.41) is 0. The average molecular weight is 125 g/mol. The van der Waals surface area contributed by atoms with Crippen molar-refractivity contribution in [1.29, 1.82) is 0 Å². The van der Waals surface area contributed by atoms with Gasteiger partial charge in [0.25, 0.3) is 0 Å². The van der Waals surface area contributed by atoms with Crippen LogP contribution in [-0.4, -0.2) is 22.3 Å². The van der Waals surface area contributed by atoms with E-state index in [-0.39, 0.29) is 9.76 Å². The summed E-state index contributed by atoms with van der Waals surface area (Å²) >= 11 is 5.28. The Morgan fingerprint density at radius 2 is 2.50 bits per heavy atom. The third-order valence-corrected chi connectivity index (χ3v) is 1.28. The fourth-order valence-electron chi connectivity index (χ4n) is 0.199. The fourth-order valence-corrected chi connectivity index (χ4v) is 0.924. The Labute approximate surface area is 45.6 Å². The van der Waals surface area contributed by atoms with Gasteiger partial charge in [0, 0.05) is 12.5 Å². The first-order valence-electron chi connectivity index (χ1n) is 2.05. The Hall–Kier alpha value is 0.467. The first-order chi connectivity index (χ1) is 2.91. The first-order valence-corrected chi connectivity index (χ1v) is 4.58. The van der Waals surface area contributed by atoms with Gasteiger partial charge in [0.15, 0.2) is 9.76 Å². The lowest BCUT2D eigenvalue weighted by atomic mass is 10.9. The zero-order valence-electron chi connectivity index (χ0n) is 3.91. The highest BCUT2D eigenvalue weighted by molar-refractivity contribution is 6.25. The summed E-state index contributed by atoms with van der Waals surface area (Å²) in [5.74, 6) is 0.640. The second kappa shape index (κ2) is 5.47. The Morgan fingerprint density at radius 3 is 2.67 bits per heavy atom. The zero-order chi connectivity index (χ0) is 4.83. The van der Waals surface area contributed by atoms with Crippen molar-refractivity contribution in [3.8, 4) is 0 Å². The quantitative estimate of drug-likeness (QED) is 0.300. The lowest BCUT2D eigenvalue weighted by Gasteiger charge is -1.90. The summed E-state index contributed by atoms with van der Waals surface area (Å²) in [4.78, 5) is 0. The van der Waals surface area contributed by atoms with Gasteiger partial charge in [0.05, 0.1) is 0 Å². The molecule has 0 spiro atoms. The van der Waals surface area contributed by atoms with E-state index < -0.39 is 0 Å². The molecular formula is C3H9ClOSi. The van der Waals surface area contributed by atoms with Crippen molar-refractivity contribution < 1.29 is 4.43 Å². The predicted octanol–water partition coefficient (Wildman–Crippen LogP) is 0.374. The van der Waals surface area contributed by atoms with Gasteiger partial charge < -0.3 is 4.43 Å². The summed E-state index contributed by atoms with van der Waals surface area (Å²) in [5.41, 5.74) is 0. The molecule has 0 aromatic rings. The van der Waals surface area contributed by atoms with Crippen LogP contribution in [0.4, 0.5) is 0 Å². The summed E-state index contributed by atoms with van der Waals surface area (Å²) < 4.78 is 4.99.